The average Bonchev–Trinajstić information content (AvgIpc) is 3.13. The van der Waals surface area contributed by atoms with Crippen molar-refractivity contribution in [1.29, 1.82) is 0 Å². The van der Waals surface area contributed by atoms with Crippen LogP contribution in [0.3, 0.4) is 0 Å². The zero-order valence-electron chi connectivity index (χ0n) is 17.2. The predicted molar refractivity (Wildman–Crippen MR) is 118 cm³/mol. The van der Waals surface area contributed by atoms with Crippen LogP contribution in [-0.2, 0) is 9.59 Å². The summed E-state index contributed by atoms with van der Waals surface area (Å²) in [6.07, 6.45) is 1.39. The molecule has 1 fully saturated rings. The topological polar surface area (TPSA) is 92.8 Å². The minimum Gasteiger partial charge on any atom is -0.495 e. The fourth-order valence-corrected chi connectivity index (χ4v) is 4.25. The molecule has 2 aromatic rings. The van der Waals surface area contributed by atoms with E-state index in [0.29, 0.717) is 53.3 Å². The molecule has 162 valence electrons. The Kier molecular flexibility index (Phi) is 7.52. The van der Waals surface area contributed by atoms with Crippen molar-refractivity contribution in [3.05, 3.63) is 28.2 Å². The van der Waals surface area contributed by atoms with Gasteiger partial charge in [0, 0.05) is 17.4 Å². The normalized spacial score (nSPS) is 14.9. The largest absolute Gasteiger partial charge is 0.495 e. The summed E-state index contributed by atoms with van der Waals surface area (Å²) in [7, 11) is 3.03. The summed E-state index contributed by atoms with van der Waals surface area (Å²) in [6, 6.07) is 3.24. The van der Waals surface area contributed by atoms with Crippen LogP contribution < -0.4 is 20.1 Å². The van der Waals surface area contributed by atoms with Crippen molar-refractivity contribution in [3.63, 3.8) is 0 Å². The molecule has 2 heterocycles. The molecular weight excluding hydrogens is 428 g/mol. The molecule has 0 radical (unpaired) electrons. The molecule has 10 heteroatoms. The van der Waals surface area contributed by atoms with Crippen LogP contribution >= 0.6 is 22.9 Å². The molecule has 0 atom stereocenters. The monoisotopic (exact) mass is 452 g/mol. The van der Waals surface area contributed by atoms with E-state index in [2.05, 4.69) is 15.6 Å². The Labute approximate surface area is 184 Å². The molecule has 2 amide bonds. The van der Waals surface area contributed by atoms with Crippen LogP contribution in [-0.4, -0.2) is 55.6 Å². The Morgan fingerprint density at radius 3 is 2.50 bits per heavy atom. The van der Waals surface area contributed by atoms with Gasteiger partial charge in [-0.2, -0.15) is 0 Å². The van der Waals surface area contributed by atoms with Crippen molar-refractivity contribution in [2.45, 2.75) is 19.8 Å². The lowest BCUT2D eigenvalue weighted by Gasteiger charge is -2.30. The van der Waals surface area contributed by atoms with E-state index in [1.54, 1.807) is 12.1 Å². The van der Waals surface area contributed by atoms with E-state index in [1.807, 2.05) is 17.2 Å². The van der Waals surface area contributed by atoms with Gasteiger partial charge in [0.1, 0.15) is 11.5 Å². The van der Waals surface area contributed by atoms with E-state index in [9.17, 15) is 9.59 Å². The second-order valence-electron chi connectivity index (χ2n) is 7.07. The number of nitrogens with zero attached hydrogens (tertiary/aromatic N) is 2. The third-order valence-electron chi connectivity index (χ3n) is 4.92. The van der Waals surface area contributed by atoms with Gasteiger partial charge in [-0.15, -0.1) is 11.3 Å². The van der Waals surface area contributed by atoms with E-state index in [-0.39, 0.29) is 24.3 Å². The number of piperidine rings is 1. The van der Waals surface area contributed by atoms with Crippen molar-refractivity contribution in [2.75, 3.05) is 44.5 Å². The number of benzene rings is 1. The zero-order chi connectivity index (χ0) is 21.7. The van der Waals surface area contributed by atoms with Crippen LogP contribution in [0.4, 0.5) is 10.8 Å². The van der Waals surface area contributed by atoms with Crippen molar-refractivity contribution < 1.29 is 19.1 Å². The first-order valence-electron chi connectivity index (χ1n) is 9.56. The first kappa shape index (κ1) is 22.3. The lowest BCUT2D eigenvalue weighted by Crippen LogP contribution is -2.41. The summed E-state index contributed by atoms with van der Waals surface area (Å²) in [5.41, 5.74) is 1.38. The number of aryl methyl sites for hydroxylation is 1. The number of likely N-dealkylation sites (tertiary alicyclic amines) is 1. The van der Waals surface area contributed by atoms with Crippen LogP contribution in [0.1, 0.15) is 18.5 Å². The Bertz CT molecular complexity index is 912. The van der Waals surface area contributed by atoms with E-state index >= 15 is 0 Å². The number of hydrogen-bond donors (Lipinski definition) is 2. The van der Waals surface area contributed by atoms with Gasteiger partial charge in [-0.1, -0.05) is 11.6 Å². The lowest BCUT2D eigenvalue weighted by molar-refractivity contribution is -0.121. The standard InChI is InChI=1S/C20H25ClN4O4S/c1-12-11-30-20(22-12)24-19(27)13-4-6-25(7-5-13)10-18(26)23-15-8-14(21)16(28-2)9-17(15)29-3/h8-9,11,13H,4-7,10H2,1-3H3,(H,23,26)(H,22,24,27). The van der Waals surface area contributed by atoms with Crippen LogP contribution in [0.2, 0.25) is 5.02 Å². The number of anilines is 2. The fourth-order valence-electron chi connectivity index (χ4n) is 3.32. The molecule has 30 heavy (non-hydrogen) atoms. The van der Waals surface area contributed by atoms with Crippen LogP contribution in [0.25, 0.3) is 0 Å². The summed E-state index contributed by atoms with van der Waals surface area (Å²) < 4.78 is 10.5. The predicted octanol–water partition coefficient (Wildman–Crippen LogP) is 3.41. The molecule has 1 saturated heterocycles. The second kappa shape index (κ2) is 10.1. The number of ether oxygens (including phenoxy) is 2. The highest BCUT2D eigenvalue weighted by Gasteiger charge is 2.26. The summed E-state index contributed by atoms with van der Waals surface area (Å²) in [4.78, 5) is 31.2. The molecule has 2 N–H and O–H groups in total. The average molecular weight is 453 g/mol. The quantitative estimate of drug-likeness (QED) is 0.668. The maximum absolute atomic E-state index is 12.5. The maximum atomic E-state index is 12.5. The number of thiazole rings is 1. The highest BCUT2D eigenvalue weighted by molar-refractivity contribution is 7.13. The fraction of sp³-hybridized carbons (Fsp3) is 0.450. The summed E-state index contributed by atoms with van der Waals surface area (Å²) in [5, 5.41) is 8.64. The third-order valence-corrected chi connectivity index (χ3v) is 6.09. The Morgan fingerprint density at radius 2 is 1.90 bits per heavy atom. The van der Waals surface area contributed by atoms with Crippen LogP contribution in [0.5, 0.6) is 11.5 Å². The first-order chi connectivity index (χ1) is 14.4. The van der Waals surface area contributed by atoms with Gasteiger partial charge in [0.2, 0.25) is 11.8 Å². The molecule has 0 spiro atoms. The van der Waals surface area contributed by atoms with Gasteiger partial charge in [0.05, 0.1) is 37.2 Å². The number of carbonyl (C=O) groups excluding carboxylic acids is 2. The number of aromatic nitrogens is 1. The highest BCUT2D eigenvalue weighted by Crippen LogP contribution is 2.35. The van der Waals surface area contributed by atoms with Gasteiger partial charge in [-0.05, 0) is 38.9 Å². The smallest absolute Gasteiger partial charge is 0.238 e. The van der Waals surface area contributed by atoms with E-state index in [4.69, 9.17) is 21.1 Å². The van der Waals surface area contributed by atoms with Gasteiger partial charge in [0.25, 0.3) is 0 Å². The van der Waals surface area contributed by atoms with Crippen molar-refractivity contribution in [3.8, 4) is 11.5 Å². The van der Waals surface area contributed by atoms with Crippen LogP contribution in [0.15, 0.2) is 17.5 Å². The molecule has 1 aliphatic rings. The number of nitrogens with one attached hydrogen (secondary N) is 2. The number of amides is 2. The van der Waals surface area contributed by atoms with Gasteiger partial charge < -0.3 is 20.1 Å². The van der Waals surface area contributed by atoms with Gasteiger partial charge in [-0.25, -0.2) is 4.98 Å². The maximum Gasteiger partial charge on any atom is 0.238 e. The molecule has 1 aromatic heterocycles. The molecule has 0 unspecified atom stereocenters. The molecule has 0 aliphatic carbocycles. The first-order valence-corrected chi connectivity index (χ1v) is 10.8. The summed E-state index contributed by atoms with van der Waals surface area (Å²) >= 11 is 7.58. The molecule has 8 nitrogen and oxygen atoms in total. The Morgan fingerprint density at radius 1 is 1.20 bits per heavy atom. The van der Waals surface area contributed by atoms with Crippen molar-refractivity contribution in [2.24, 2.45) is 5.92 Å². The van der Waals surface area contributed by atoms with Crippen LogP contribution in [0, 0.1) is 12.8 Å². The highest BCUT2D eigenvalue weighted by atomic mass is 35.5. The van der Waals surface area contributed by atoms with E-state index in [0.717, 1.165) is 5.69 Å². The molecule has 1 aromatic carbocycles. The van der Waals surface area contributed by atoms with Gasteiger partial charge >= 0.3 is 0 Å². The number of methoxy groups -OCH3 is 2. The minimum absolute atomic E-state index is 0.00828. The minimum atomic E-state index is -0.171. The number of rotatable bonds is 7. The second-order valence-corrected chi connectivity index (χ2v) is 8.33. The lowest BCUT2D eigenvalue weighted by atomic mass is 9.96. The molecule has 0 saturated carbocycles. The Hall–Kier alpha value is -2.36. The van der Waals surface area contributed by atoms with E-state index in [1.165, 1.54) is 25.6 Å². The number of halogens is 1. The Balaban J connectivity index is 1.49. The van der Waals surface area contributed by atoms with Gasteiger partial charge in [0.15, 0.2) is 5.13 Å². The molecule has 3 rings (SSSR count). The molecular formula is C20H25ClN4O4S. The molecule has 1 aliphatic heterocycles. The zero-order valence-corrected chi connectivity index (χ0v) is 18.7. The van der Waals surface area contributed by atoms with Gasteiger partial charge in [-0.3, -0.25) is 14.5 Å². The summed E-state index contributed by atoms with van der Waals surface area (Å²) in [5.74, 6) is 0.688. The van der Waals surface area contributed by atoms with Crippen molar-refractivity contribution >= 4 is 45.6 Å². The summed E-state index contributed by atoms with van der Waals surface area (Å²) in [6.45, 7) is 3.46. The van der Waals surface area contributed by atoms with E-state index < -0.39 is 0 Å². The number of carbonyl (C=O) groups is 2. The van der Waals surface area contributed by atoms with Crippen molar-refractivity contribution in [1.82, 2.24) is 9.88 Å². The number of hydrogen-bond acceptors (Lipinski definition) is 7. The SMILES string of the molecule is COc1cc(OC)c(NC(=O)CN2CCC(C(=O)Nc3nc(C)cs3)CC2)cc1Cl. The third kappa shape index (κ3) is 5.62. The molecule has 0 bridgehead atoms.